The van der Waals surface area contributed by atoms with Gasteiger partial charge in [0.2, 0.25) is 0 Å². The molecule has 0 amide bonds. The van der Waals surface area contributed by atoms with Crippen molar-refractivity contribution in [1.82, 2.24) is 4.90 Å². The Morgan fingerprint density at radius 3 is 1.84 bits per heavy atom. The number of rotatable bonds is 10. The van der Waals surface area contributed by atoms with E-state index in [0.29, 0.717) is 26.1 Å². The zero-order valence-electron chi connectivity index (χ0n) is 19.4. The van der Waals surface area contributed by atoms with Crippen LogP contribution in [0.15, 0.2) is 30.3 Å². The van der Waals surface area contributed by atoms with E-state index in [-0.39, 0.29) is 22.9 Å². The van der Waals surface area contributed by atoms with E-state index in [0.717, 1.165) is 51.6 Å². The van der Waals surface area contributed by atoms with Crippen molar-refractivity contribution in [3.05, 3.63) is 35.9 Å². The average Bonchev–Trinajstić information content (AvgIpc) is 3.34. The van der Waals surface area contributed by atoms with Crippen LogP contribution in [0.5, 0.6) is 0 Å². The molecule has 0 unspecified atom stereocenters. The Kier molecular flexibility index (Phi) is 8.53. The van der Waals surface area contributed by atoms with Crippen molar-refractivity contribution >= 4 is 11.9 Å². The Labute approximate surface area is 187 Å². The van der Waals surface area contributed by atoms with Crippen LogP contribution in [-0.2, 0) is 24.6 Å². The van der Waals surface area contributed by atoms with Gasteiger partial charge in [-0.05, 0) is 89.3 Å². The Hall–Kier alpha value is -1.88. The third-order valence-corrected chi connectivity index (χ3v) is 7.49. The fourth-order valence-corrected chi connectivity index (χ4v) is 5.70. The zero-order chi connectivity index (χ0) is 22.2. The molecule has 5 heteroatoms. The van der Waals surface area contributed by atoms with Gasteiger partial charge in [-0.25, -0.2) is 0 Å². The standard InChI is InChI=1S/C26H39NO4/c1-3-30-23(28)12-14-25(15-13-24(29)31-4-2)16-18-26(19-17-25,27-20-8-9-21-27)22-10-6-5-7-11-22/h5-7,10-11H,3-4,8-9,12-21H2,1-2H3. The summed E-state index contributed by atoms with van der Waals surface area (Å²) in [5.74, 6) is -0.255. The predicted octanol–water partition coefficient (Wildman–Crippen LogP) is 5.22. The van der Waals surface area contributed by atoms with Crippen LogP contribution in [0, 0.1) is 5.41 Å². The molecule has 1 aromatic rings. The highest BCUT2D eigenvalue weighted by Gasteiger charge is 2.47. The molecule has 2 fully saturated rings. The SMILES string of the molecule is CCOC(=O)CCC1(CCC(=O)OCC)CCC(c2ccccc2)(N2CCCC2)CC1. The summed E-state index contributed by atoms with van der Waals surface area (Å²) in [4.78, 5) is 26.9. The largest absolute Gasteiger partial charge is 0.466 e. The molecule has 3 rings (SSSR count). The second-order valence-electron chi connectivity index (χ2n) is 9.20. The van der Waals surface area contributed by atoms with Gasteiger partial charge in [0, 0.05) is 18.4 Å². The smallest absolute Gasteiger partial charge is 0.305 e. The van der Waals surface area contributed by atoms with E-state index in [4.69, 9.17) is 9.47 Å². The number of esters is 2. The summed E-state index contributed by atoms with van der Waals surface area (Å²) in [6.07, 6.45) is 9.17. The van der Waals surface area contributed by atoms with Crippen LogP contribution in [-0.4, -0.2) is 43.1 Å². The van der Waals surface area contributed by atoms with E-state index in [1.165, 1.54) is 18.4 Å². The van der Waals surface area contributed by atoms with Crippen LogP contribution in [0.25, 0.3) is 0 Å². The molecule has 5 nitrogen and oxygen atoms in total. The van der Waals surface area contributed by atoms with Gasteiger partial charge in [-0.3, -0.25) is 14.5 Å². The topological polar surface area (TPSA) is 55.8 Å². The number of carbonyl (C=O) groups excluding carboxylic acids is 2. The minimum absolute atomic E-state index is 0.00245. The number of nitrogens with zero attached hydrogens (tertiary/aromatic N) is 1. The van der Waals surface area contributed by atoms with E-state index >= 15 is 0 Å². The molecule has 1 saturated heterocycles. The maximum absolute atomic E-state index is 12.1. The van der Waals surface area contributed by atoms with Gasteiger partial charge < -0.3 is 9.47 Å². The van der Waals surface area contributed by atoms with Gasteiger partial charge in [0.15, 0.2) is 0 Å². The zero-order valence-corrected chi connectivity index (χ0v) is 19.4. The van der Waals surface area contributed by atoms with E-state index in [9.17, 15) is 9.59 Å². The molecule has 0 atom stereocenters. The van der Waals surface area contributed by atoms with Gasteiger partial charge in [0.1, 0.15) is 0 Å². The fraction of sp³-hybridized carbons (Fsp3) is 0.692. The summed E-state index contributed by atoms with van der Waals surface area (Å²) in [7, 11) is 0. The monoisotopic (exact) mass is 429 g/mol. The van der Waals surface area contributed by atoms with Crippen molar-refractivity contribution in [3.8, 4) is 0 Å². The van der Waals surface area contributed by atoms with Crippen molar-refractivity contribution in [2.24, 2.45) is 5.41 Å². The Morgan fingerprint density at radius 1 is 0.839 bits per heavy atom. The maximum Gasteiger partial charge on any atom is 0.305 e. The van der Waals surface area contributed by atoms with Gasteiger partial charge in [0.05, 0.1) is 13.2 Å². The van der Waals surface area contributed by atoms with E-state index in [1.807, 2.05) is 13.8 Å². The molecule has 31 heavy (non-hydrogen) atoms. The molecule has 1 aromatic carbocycles. The second kappa shape index (κ2) is 11.1. The van der Waals surface area contributed by atoms with Crippen LogP contribution in [0.4, 0.5) is 0 Å². The molecule has 1 heterocycles. The first kappa shape index (κ1) is 23.8. The first-order chi connectivity index (χ1) is 15.0. The van der Waals surface area contributed by atoms with Crippen LogP contribution >= 0.6 is 0 Å². The lowest BCUT2D eigenvalue weighted by Crippen LogP contribution is -2.49. The summed E-state index contributed by atoms with van der Waals surface area (Å²) in [6.45, 7) is 6.85. The van der Waals surface area contributed by atoms with E-state index in [1.54, 1.807) is 0 Å². The minimum atomic E-state index is -0.127. The Balaban J connectivity index is 1.77. The number of likely N-dealkylation sites (tertiary alicyclic amines) is 1. The van der Waals surface area contributed by atoms with Gasteiger partial charge in [-0.1, -0.05) is 30.3 Å². The molecule has 0 aromatic heterocycles. The molecular formula is C26H39NO4. The maximum atomic E-state index is 12.1. The molecular weight excluding hydrogens is 390 g/mol. The molecule has 2 aliphatic rings. The van der Waals surface area contributed by atoms with Crippen molar-refractivity contribution in [1.29, 1.82) is 0 Å². The summed E-state index contributed by atoms with van der Waals surface area (Å²) in [5.41, 5.74) is 1.49. The van der Waals surface area contributed by atoms with Gasteiger partial charge in [0.25, 0.3) is 0 Å². The Bertz CT molecular complexity index is 679. The summed E-state index contributed by atoms with van der Waals surface area (Å²) < 4.78 is 10.4. The number of ether oxygens (including phenoxy) is 2. The molecule has 1 aliphatic heterocycles. The number of carbonyl (C=O) groups is 2. The van der Waals surface area contributed by atoms with Crippen molar-refractivity contribution in [3.63, 3.8) is 0 Å². The summed E-state index contributed by atoms with van der Waals surface area (Å²) in [6, 6.07) is 10.9. The van der Waals surface area contributed by atoms with Gasteiger partial charge >= 0.3 is 11.9 Å². The molecule has 0 spiro atoms. The molecule has 1 aliphatic carbocycles. The average molecular weight is 430 g/mol. The summed E-state index contributed by atoms with van der Waals surface area (Å²) >= 11 is 0. The molecule has 0 radical (unpaired) electrons. The molecule has 1 saturated carbocycles. The molecule has 0 N–H and O–H groups in total. The lowest BCUT2D eigenvalue weighted by atomic mass is 9.61. The first-order valence-corrected chi connectivity index (χ1v) is 12.2. The van der Waals surface area contributed by atoms with Crippen molar-refractivity contribution in [2.75, 3.05) is 26.3 Å². The summed E-state index contributed by atoms with van der Waals surface area (Å²) in [5, 5.41) is 0. The highest BCUT2D eigenvalue weighted by atomic mass is 16.5. The number of benzene rings is 1. The van der Waals surface area contributed by atoms with Gasteiger partial charge in [-0.15, -0.1) is 0 Å². The van der Waals surface area contributed by atoms with Crippen LogP contribution in [0.3, 0.4) is 0 Å². The highest BCUT2D eigenvalue weighted by molar-refractivity contribution is 5.70. The molecule has 172 valence electrons. The molecule has 0 bridgehead atoms. The first-order valence-electron chi connectivity index (χ1n) is 12.2. The lowest BCUT2D eigenvalue weighted by molar-refractivity contribution is -0.144. The van der Waals surface area contributed by atoms with Crippen LogP contribution in [0.2, 0.25) is 0 Å². The van der Waals surface area contributed by atoms with Gasteiger partial charge in [-0.2, -0.15) is 0 Å². The van der Waals surface area contributed by atoms with Crippen molar-refractivity contribution < 1.29 is 19.1 Å². The van der Waals surface area contributed by atoms with Crippen LogP contribution < -0.4 is 0 Å². The lowest BCUT2D eigenvalue weighted by Gasteiger charge is -2.51. The second-order valence-corrected chi connectivity index (χ2v) is 9.20. The third kappa shape index (κ3) is 5.88. The van der Waals surface area contributed by atoms with Crippen molar-refractivity contribution in [2.45, 2.75) is 83.6 Å². The van der Waals surface area contributed by atoms with E-state index < -0.39 is 0 Å². The number of hydrogen-bond donors (Lipinski definition) is 0. The highest BCUT2D eigenvalue weighted by Crippen LogP contribution is 2.53. The minimum Gasteiger partial charge on any atom is -0.466 e. The quantitative estimate of drug-likeness (QED) is 0.477. The predicted molar refractivity (Wildman–Crippen MR) is 122 cm³/mol. The number of hydrogen-bond acceptors (Lipinski definition) is 5. The Morgan fingerprint density at radius 2 is 1.35 bits per heavy atom. The van der Waals surface area contributed by atoms with E-state index in [2.05, 4.69) is 35.2 Å². The normalized spacial score (nSPS) is 20.3. The fourth-order valence-electron chi connectivity index (χ4n) is 5.70. The third-order valence-electron chi connectivity index (χ3n) is 7.49. The van der Waals surface area contributed by atoms with Crippen LogP contribution in [0.1, 0.15) is 83.6 Å².